The van der Waals surface area contributed by atoms with E-state index >= 15 is 0 Å². The van der Waals surface area contributed by atoms with Crippen LogP contribution in [0.25, 0.3) is 6.08 Å². The van der Waals surface area contributed by atoms with Gasteiger partial charge in [0.25, 0.3) is 0 Å². The molecule has 0 amide bonds. The summed E-state index contributed by atoms with van der Waals surface area (Å²) in [4.78, 5) is 0. The van der Waals surface area contributed by atoms with Gasteiger partial charge in [0.2, 0.25) is 0 Å². The average molecular weight is 234 g/mol. The summed E-state index contributed by atoms with van der Waals surface area (Å²) in [5, 5.41) is 0.452. The summed E-state index contributed by atoms with van der Waals surface area (Å²) < 4.78 is 28.4. The van der Waals surface area contributed by atoms with Crippen molar-refractivity contribution in [2.75, 3.05) is 6.54 Å². The van der Waals surface area contributed by atoms with Crippen molar-refractivity contribution in [1.29, 1.82) is 0 Å². The zero-order chi connectivity index (χ0) is 11.3. The second kappa shape index (κ2) is 5.68. The van der Waals surface area contributed by atoms with Crippen molar-refractivity contribution >= 4 is 17.7 Å². The Labute approximate surface area is 91.3 Å². The van der Waals surface area contributed by atoms with E-state index in [-0.39, 0.29) is 5.75 Å². The van der Waals surface area contributed by atoms with E-state index in [0.717, 1.165) is 0 Å². The van der Waals surface area contributed by atoms with E-state index in [1.54, 1.807) is 12.2 Å². The average Bonchev–Trinajstić information content (AvgIpc) is 2.18. The summed E-state index contributed by atoms with van der Waals surface area (Å²) >= 11 is 5.72. The van der Waals surface area contributed by atoms with Gasteiger partial charge in [-0.25, -0.2) is 0 Å². The van der Waals surface area contributed by atoms with Gasteiger partial charge in [-0.3, -0.25) is 0 Å². The van der Waals surface area contributed by atoms with E-state index in [0.29, 0.717) is 17.1 Å². The van der Waals surface area contributed by atoms with Crippen molar-refractivity contribution in [3.05, 3.63) is 34.9 Å². The molecular formula is C10H10ClF2NO. The Kier molecular flexibility index (Phi) is 4.52. The lowest BCUT2D eigenvalue weighted by molar-refractivity contribution is -0.0499. The molecule has 1 aromatic carbocycles. The number of alkyl halides is 2. The van der Waals surface area contributed by atoms with Gasteiger partial charge in [0, 0.05) is 17.1 Å². The highest BCUT2D eigenvalue weighted by molar-refractivity contribution is 6.30. The molecule has 0 aliphatic carbocycles. The molecule has 0 heterocycles. The number of ether oxygens (including phenoxy) is 1. The first-order valence-corrected chi connectivity index (χ1v) is 4.62. The molecule has 0 atom stereocenters. The SMILES string of the molecule is NC/C=C/c1cc(Cl)ccc1OC(F)F. The first kappa shape index (κ1) is 11.9. The Balaban J connectivity index is 2.97. The van der Waals surface area contributed by atoms with E-state index in [1.165, 1.54) is 18.2 Å². The van der Waals surface area contributed by atoms with Gasteiger partial charge in [-0.05, 0) is 18.2 Å². The number of hydrogen-bond donors (Lipinski definition) is 1. The van der Waals surface area contributed by atoms with Crippen molar-refractivity contribution in [2.24, 2.45) is 5.73 Å². The van der Waals surface area contributed by atoms with Crippen LogP contribution in [0.15, 0.2) is 24.3 Å². The molecule has 0 unspecified atom stereocenters. The minimum Gasteiger partial charge on any atom is -0.434 e. The second-order valence-corrected chi connectivity index (χ2v) is 3.14. The highest BCUT2D eigenvalue weighted by Gasteiger charge is 2.07. The van der Waals surface area contributed by atoms with Crippen molar-refractivity contribution in [3.63, 3.8) is 0 Å². The van der Waals surface area contributed by atoms with Crippen LogP contribution in [0.3, 0.4) is 0 Å². The summed E-state index contributed by atoms with van der Waals surface area (Å²) in [6.07, 6.45) is 3.22. The Hall–Kier alpha value is -1.13. The van der Waals surface area contributed by atoms with E-state index in [4.69, 9.17) is 17.3 Å². The van der Waals surface area contributed by atoms with Gasteiger partial charge in [-0.15, -0.1) is 0 Å². The van der Waals surface area contributed by atoms with Crippen LogP contribution in [0, 0.1) is 0 Å². The van der Waals surface area contributed by atoms with E-state index < -0.39 is 6.61 Å². The van der Waals surface area contributed by atoms with Gasteiger partial charge >= 0.3 is 6.61 Å². The van der Waals surface area contributed by atoms with Crippen molar-refractivity contribution in [3.8, 4) is 5.75 Å². The second-order valence-electron chi connectivity index (χ2n) is 2.70. The van der Waals surface area contributed by atoms with E-state index in [2.05, 4.69) is 4.74 Å². The molecule has 15 heavy (non-hydrogen) atoms. The third kappa shape index (κ3) is 3.85. The lowest BCUT2D eigenvalue weighted by Crippen LogP contribution is -2.03. The summed E-state index contributed by atoms with van der Waals surface area (Å²) in [5.41, 5.74) is 5.74. The zero-order valence-corrected chi connectivity index (χ0v) is 8.55. The van der Waals surface area contributed by atoms with Crippen LogP contribution in [0.4, 0.5) is 8.78 Å². The summed E-state index contributed by atoms with van der Waals surface area (Å²) in [6, 6.07) is 4.41. The van der Waals surface area contributed by atoms with Gasteiger partial charge in [0.15, 0.2) is 0 Å². The summed E-state index contributed by atoms with van der Waals surface area (Å²) in [5.74, 6) is 0.0825. The van der Waals surface area contributed by atoms with Gasteiger partial charge in [-0.2, -0.15) is 8.78 Å². The third-order valence-electron chi connectivity index (χ3n) is 1.62. The van der Waals surface area contributed by atoms with Crippen LogP contribution in [0.2, 0.25) is 5.02 Å². The zero-order valence-electron chi connectivity index (χ0n) is 7.79. The number of rotatable bonds is 4. The normalized spacial score (nSPS) is 11.3. The molecule has 0 radical (unpaired) electrons. The van der Waals surface area contributed by atoms with Crippen LogP contribution >= 0.6 is 11.6 Å². The molecule has 0 saturated heterocycles. The van der Waals surface area contributed by atoms with Gasteiger partial charge < -0.3 is 10.5 Å². The molecule has 0 saturated carbocycles. The largest absolute Gasteiger partial charge is 0.434 e. The van der Waals surface area contributed by atoms with Crippen LogP contribution in [0.1, 0.15) is 5.56 Å². The lowest BCUT2D eigenvalue weighted by atomic mass is 10.2. The summed E-state index contributed by atoms with van der Waals surface area (Å²) in [6.45, 7) is -2.53. The molecule has 5 heteroatoms. The van der Waals surface area contributed by atoms with Crippen LogP contribution in [-0.2, 0) is 0 Å². The lowest BCUT2D eigenvalue weighted by Gasteiger charge is -2.07. The number of benzene rings is 1. The fourth-order valence-electron chi connectivity index (χ4n) is 1.05. The Morgan fingerprint density at radius 3 is 2.80 bits per heavy atom. The molecular weight excluding hydrogens is 224 g/mol. The van der Waals surface area contributed by atoms with E-state index in [9.17, 15) is 8.78 Å². The minimum absolute atomic E-state index is 0.0825. The standard InChI is InChI=1S/C10H10ClF2NO/c11-8-3-4-9(15-10(12)13)7(6-8)2-1-5-14/h1-4,6,10H,5,14H2/b2-1+. The Bertz CT molecular complexity index is 355. The monoisotopic (exact) mass is 233 g/mol. The van der Waals surface area contributed by atoms with Gasteiger partial charge in [0.1, 0.15) is 5.75 Å². The molecule has 0 aromatic heterocycles. The third-order valence-corrected chi connectivity index (χ3v) is 1.86. The van der Waals surface area contributed by atoms with Gasteiger partial charge in [-0.1, -0.05) is 23.8 Å². The highest BCUT2D eigenvalue weighted by Crippen LogP contribution is 2.25. The van der Waals surface area contributed by atoms with Crippen molar-refractivity contribution < 1.29 is 13.5 Å². The van der Waals surface area contributed by atoms with Crippen LogP contribution in [-0.4, -0.2) is 13.2 Å². The summed E-state index contributed by atoms with van der Waals surface area (Å²) in [7, 11) is 0. The highest BCUT2D eigenvalue weighted by atomic mass is 35.5. The molecule has 0 bridgehead atoms. The molecule has 2 nitrogen and oxygen atoms in total. The van der Waals surface area contributed by atoms with Gasteiger partial charge in [0.05, 0.1) is 0 Å². The molecule has 0 aliphatic heterocycles. The molecule has 82 valence electrons. The maximum atomic E-state index is 12.0. The number of nitrogens with two attached hydrogens (primary N) is 1. The van der Waals surface area contributed by atoms with Crippen molar-refractivity contribution in [2.45, 2.75) is 6.61 Å². The maximum absolute atomic E-state index is 12.0. The molecule has 1 aromatic rings. The predicted octanol–water partition coefficient (Wildman–Crippen LogP) is 2.91. The Morgan fingerprint density at radius 1 is 1.47 bits per heavy atom. The van der Waals surface area contributed by atoms with Crippen LogP contribution < -0.4 is 10.5 Å². The first-order valence-electron chi connectivity index (χ1n) is 4.24. The van der Waals surface area contributed by atoms with E-state index in [1.807, 2.05) is 0 Å². The fraction of sp³-hybridized carbons (Fsp3) is 0.200. The quantitative estimate of drug-likeness (QED) is 0.868. The fourth-order valence-corrected chi connectivity index (χ4v) is 1.23. The maximum Gasteiger partial charge on any atom is 0.387 e. The Morgan fingerprint density at radius 2 is 2.20 bits per heavy atom. The minimum atomic E-state index is -2.85. The van der Waals surface area contributed by atoms with Crippen molar-refractivity contribution in [1.82, 2.24) is 0 Å². The first-order chi connectivity index (χ1) is 7.13. The number of halogens is 3. The smallest absolute Gasteiger partial charge is 0.387 e. The topological polar surface area (TPSA) is 35.2 Å². The molecule has 0 spiro atoms. The molecule has 0 fully saturated rings. The molecule has 1 rings (SSSR count). The molecule has 2 N–H and O–H groups in total. The predicted molar refractivity (Wildman–Crippen MR) is 56.2 cm³/mol. The molecule has 0 aliphatic rings. The number of hydrogen-bond acceptors (Lipinski definition) is 2. The van der Waals surface area contributed by atoms with Crippen LogP contribution in [0.5, 0.6) is 5.75 Å².